The summed E-state index contributed by atoms with van der Waals surface area (Å²) in [6, 6.07) is 55.8. The summed E-state index contributed by atoms with van der Waals surface area (Å²) in [7, 11) is 0. The zero-order valence-corrected chi connectivity index (χ0v) is 29.0. The first-order chi connectivity index (χ1) is 24.7. The van der Waals surface area contributed by atoms with Gasteiger partial charge in [0.05, 0.1) is 11.1 Å². The molecule has 0 atom stereocenters. The van der Waals surface area contributed by atoms with Gasteiger partial charge in [-0.1, -0.05) is 171 Å². The van der Waals surface area contributed by atoms with Gasteiger partial charge in [0.2, 0.25) is 0 Å². The van der Waals surface area contributed by atoms with Crippen LogP contribution in [-0.4, -0.2) is 4.57 Å². The molecule has 0 saturated carbocycles. The number of aromatic nitrogens is 1. The summed E-state index contributed by atoms with van der Waals surface area (Å²) >= 11 is 0. The van der Waals surface area contributed by atoms with E-state index in [1.54, 1.807) is 0 Å². The number of nitrogens with zero attached hydrogens (tertiary/aromatic N) is 1. The second kappa shape index (κ2) is 13.7. The van der Waals surface area contributed by atoms with Crippen molar-refractivity contribution in [3.63, 3.8) is 0 Å². The predicted octanol–water partition coefficient (Wildman–Crippen LogP) is 12.8. The topological polar surface area (TPSA) is 4.93 Å². The molecular formula is C49H43N. The summed E-state index contributed by atoms with van der Waals surface area (Å²) < 4.78 is 2.51. The fourth-order valence-electron chi connectivity index (χ4n) is 8.22. The maximum Gasteiger partial charge on any atom is 0.0701 e. The fourth-order valence-corrected chi connectivity index (χ4v) is 8.22. The summed E-state index contributed by atoms with van der Waals surface area (Å²) in [5.41, 5.74) is 13.8. The Morgan fingerprint density at radius 2 is 1.20 bits per heavy atom. The molecule has 1 aromatic heterocycles. The zero-order valence-electron chi connectivity index (χ0n) is 29.0. The number of unbranched alkanes of at least 4 members (excludes halogenated alkanes) is 1. The van der Waals surface area contributed by atoms with E-state index < -0.39 is 5.41 Å². The molecule has 1 heterocycles. The lowest BCUT2D eigenvalue weighted by Crippen LogP contribution is -2.30. The van der Waals surface area contributed by atoms with Crippen LogP contribution in [0.4, 0.5) is 0 Å². The Balaban J connectivity index is 1.29. The monoisotopic (exact) mass is 645 g/mol. The van der Waals surface area contributed by atoms with Crippen LogP contribution in [0.5, 0.6) is 0 Å². The maximum absolute atomic E-state index is 2.51. The van der Waals surface area contributed by atoms with Crippen LogP contribution in [0.2, 0.25) is 0 Å². The molecule has 0 radical (unpaired) electrons. The third kappa shape index (κ3) is 5.35. The van der Waals surface area contributed by atoms with Gasteiger partial charge in [0.1, 0.15) is 0 Å². The second-order valence-corrected chi connectivity index (χ2v) is 13.4. The molecule has 7 aromatic rings. The van der Waals surface area contributed by atoms with Gasteiger partial charge < -0.3 is 4.57 Å². The van der Waals surface area contributed by atoms with E-state index >= 15 is 0 Å². The highest BCUT2D eigenvalue weighted by Crippen LogP contribution is 2.46. The van der Waals surface area contributed by atoms with Crippen molar-refractivity contribution >= 4 is 22.9 Å². The standard InChI is InChI=1S/C49H43N/c1-3-4-8-29-46-36(2)42-25-15-16-30-47(42)50(46)48-31-18-27-44-43(26-17-28-45(44)48)37-32-34-41(35-33-37)49(38-19-9-5-10-20-38,39-21-11-6-12-22-39)40-23-13-7-14-24-40/h5-14,16-24,26-35H,3-4,15,25H2,1-2H3/b29-8-. The summed E-state index contributed by atoms with van der Waals surface area (Å²) in [4.78, 5) is 0. The quantitative estimate of drug-likeness (QED) is 0.138. The minimum atomic E-state index is -0.463. The van der Waals surface area contributed by atoms with Gasteiger partial charge in [0, 0.05) is 16.8 Å². The van der Waals surface area contributed by atoms with Crippen molar-refractivity contribution in [2.75, 3.05) is 0 Å². The Kier molecular flexibility index (Phi) is 8.65. The minimum absolute atomic E-state index is 0.463. The Labute approximate surface area is 296 Å². The largest absolute Gasteiger partial charge is 0.309 e. The summed E-state index contributed by atoms with van der Waals surface area (Å²) in [5, 5.41) is 2.53. The first-order valence-electron chi connectivity index (χ1n) is 18.1. The predicted molar refractivity (Wildman–Crippen MR) is 213 cm³/mol. The number of rotatable bonds is 9. The lowest BCUT2D eigenvalue weighted by molar-refractivity contribution is 0.745. The molecule has 0 amide bonds. The van der Waals surface area contributed by atoms with Crippen molar-refractivity contribution in [3.05, 3.63) is 209 Å². The molecule has 0 unspecified atom stereocenters. The third-order valence-corrected chi connectivity index (χ3v) is 10.6. The molecule has 0 bridgehead atoms. The molecule has 1 heteroatoms. The van der Waals surface area contributed by atoms with Crippen LogP contribution >= 0.6 is 0 Å². The van der Waals surface area contributed by atoms with Crippen LogP contribution < -0.4 is 0 Å². The highest BCUT2D eigenvalue weighted by atomic mass is 15.0. The van der Waals surface area contributed by atoms with Crippen LogP contribution in [0.1, 0.15) is 71.0 Å². The Bertz CT molecular complexity index is 2210. The summed E-state index contributed by atoms with van der Waals surface area (Å²) in [6.07, 6.45) is 13.8. The SMILES string of the molecule is CCC/C=C\c1c(C)c2c(n1-c1cccc3c(-c4ccc(C(c5ccccc5)(c5ccccc5)c5ccccc5)cc4)cccc13)C=CCC2. The van der Waals surface area contributed by atoms with Gasteiger partial charge in [-0.3, -0.25) is 0 Å². The van der Waals surface area contributed by atoms with Crippen molar-refractivity contribution in [3.8, 4) is 16.8 Å². The van der Waals surface area contributed by atoms with E-state index in [1.807, 2.05) is 0 Å². The van der Waals surface area contributed by atoms with Gasteiger partial charge >= 0.3 is 0 Å². The second-order valence-electron chi connectivity index (χ2n) is 13.4. The minimum Gasteiger partial charge on any atom is -0.309 e. The fraction of sp³-hybridized carbons (Fsp3) is 0.143. The Morgan fingerprint density at radius 3 is 1.82 bits per heavy atom. The number of fused-ring (bicyclic) bond motifs is 2. The van der Waals surface area contributed by atoms with Gasteiger partial charge in [0.15, 0.2) is 0 Å². The average Bonchev–Trinajstić information content (AvgIpc) is 3.47. The van der Waals surface area contributed by atoms with Crippen LogP contribution in [0.15, 0.2) is 164 Å². The van der Waals surface area contributed by atoms with Gasteiger partial charge in [0.25, 0.3) is 0 Å². The molecule has 0 saturated heterocycles. The van der Waals surface area contributed by atoms with Crippen LogP contribution in [0, 0.1) is 6.92 Å². The highest BCUT2D eigenvalue weighted by Gasteiger charge is 2.38. The third-order valence-electron chi connectivity index (χ3n) is 10.6. The Hall–Kier alpha value is -5.66. The molecule has 8 rings (SSSR count). The van der Waals surface area contributed by atoms with Gasteiger partial charge in [-0.05, 0) is 94.3 Å². The van der Waals surface area contributed by atoms with Crippen LogP contribution in [0.25, 0.3) is 39.7 Å². The van der Waals surface area contributed by atoms with Crippen molar-refractivity contribution in [1.29, 1.82) is 0 Å². The van der Waals surface area contributed by atoms with Crippen molar-refractivity contribution in [2.45, 2.75) is 44.9 Å². The van der Waals surface area contributed by atoms with Gasteiger partial charge in [-0.25, -0.2) is 0 Å². The van der Waals surface area contributed by atoms with Crippen molar-refractivity contribution in [1.82, 2.24) is 4.57 Å². The number of benzene rings is 6. The summed E-state index contributed by atoms with van der Waals surface area (Å²) in [6.45, 7) is 4.55. The molecule has 1 nitrogen and oxygen atoms in total. The molecule has 0 spiro atoms. The van der Waals surface area contributed by atoms with E-state index in [1.165, 1.54) is 72.4 Å². The van der Waals surface area contributed by atoms with E-state index in [4.69, 9.17) is 0 Å². The molecule has 0 fully saturated rings. The van der Waals surface area contributed by atoms with Gasteiger partial charge in [-0.15, -0.1) is 0 Å². The molecule has 1 aliphatic rings. The zero-order chi connectivity index (χ0) is 33.9. The smallest absolute Gasteiger partial charge is 0.0701 e. The molecular weight excluding hydrogens is 603 g/mol. The van der Waals surface area contributed by atoms with Crippen LogP contribution in [0.3, 0.4) is 0 Å². The number of hydrogen-bond acceptors (Lipinski definition) is 0. The van der Waals surface area contributed by atoms with E-state index in [-0.39, 0.29) is 0 Å². The van der Waals surface area contributed by atoms with E-state index in [0.717, 1.165) is 25.7 Å². The molecule has 1 aliphatic carbocycles. The lowest BCUT2D eigenvalue weighted by Gasteiger charge is -2.37. The van der Waals surface area contributed by atoms with Crippen LogP contribution in [-0.2, 0) is 11.8 Å². The molecule has 244 valence electrons. The molecule has 0 aliphatic heterocycles. The lowest BCUT2D eigenvalue weighted by atomic mass is 9.65. The number of allylic oxidation sites excluding steroid dienone is 2. The normalized spacial score (nSPS) is 12.8. The molecule has 6 aromatic carbocycles. The summed E-state index contributed by atoms with van der Waals surface area (Å²) in [5.74, 6) is 0. The van der Waals surface area contributed by atoms with Gasteiger partial charge in [-0.2, -0.15) is 0 Å². The first-order valence-corrected chi connectivity index (χ1v) is 18.1. The van der Waals surface area contributed by atoms with Crippen molar-refractivity contribution in [2.24, 2.45) is 0 Å². The molecule has 0 N–H and O–H groups in total. The molecule has 50 heavy (non-hydrogen) atoms. The van der Waals surface area contributed by atoms with E-state index in [9.17, 15) is 0 Å². The average molecular weight is 646 g/mol. The van der Waals surface area contributed by atoms with Crippen molar-refractivity contribution < 1.29 is 0 Å². The maximum atomic E-state index is 2.51. The first kappa shape index (κ1) is 31.6. The Morgan fingerprint density at radius 1 is 0.620 bits per heavy atom. The highest BCUT2D eigenvalue weighted by molar-refractivity contribution is 6.01. The van der Waals surface area contributed by atoms with E-state index in [0.29, 0.717) is 0 Å². The number of hydrogen-bond donors (Lipinski definition) is 0. The van der Waals surface area contributed by atoms with E-state index in [2.05, 4.69) is 194 Å².